The first-order chi connectivity index (χ1) is 11.7. The minimum absolute atomic E-state index is 0.274. The Balaban J connectivity index is 2.98. The molecule has 0 aromatic heterocycles. The molecule has 0 saturated heterocycles. The lowest BCUT2D eigenvalue weighted by Crippen LogP contribution is -2.50. The normalized spacial score (nSPS) is 13.2. The third kappa shape index (κ3) is 7.34. The predicted octanol–water partition coefficient (Wildman–Crippen LogP) is 2.43. The molecule has 0 spiro atoms. The number of nitrogens with two attached hydrogens (primary N) is 1. The van der Waals surface area contributed by atoms with Gasteiger partial charge in [-0.3, -0.25) is 0 Å². The fourth-order valence-electron chi connectivity index (χ4n) is 1.78. The second-order valence-electron chi connectivity index (χ2n) is 4.56. The van der Waals surface area contributed by atoms with Crippen molar-refractivity contribution in [3.05, 3.63) is 35.9 Å². The molecule has 0 amide bonds. The first-order valence-electron chi connectivity index (χ1n) is 8.06. The minimum Gasteiger partial charge on any atom is -0.340 e. The SMILES string of the molecule is CCOO[Si](OOCC)(OOCC)OC(CCN)c1ccccc1. The van der Waals surface area contributed by atoms with E-state index in [1.165, 1.54) is 0 Å². The molecular formula is C15H27NO7Si. The quantitative estimate of drug-likeness (QED) is 0.307. The molecule has 9 heteroatoms. The van der Waals surface area contributed by atoms with Crippen LogP contribution in [0.2, 0.25) is 0 Å². The van der Waals surface area contributed by atoms with Gasteiger partial charge in [-0.05, 0) is 39.3 Å². The first kappa shape index (κ1) is 21.2. The molecule has 0 aliphatic rings. The van der Waals surface area contributed by atoms with Gasteiger partial charge in [0.05, 0.1) is 25.9 Å². The van der Waals surface area contributed by atoms with E-state index in [0.29, 0.717) is 13.0 Å². The molecule has 0 saturated carbocycles. The van der Waals surface area contributed by atoms with Crippen molar-refractivity contribution < 1.29 is 32.8 Å². The Hall–Kier alpha value is -0.883. The lowest BCUT2D eigenvalue weighted by molar-refractivity contribution is -0.389. The van der Waals surface area contributed by atoms with E-state index >= 15 is 0 Å². The van der Waals surface area contributed by atoms with Crippen LogP contribution in [0.3, 0.4) is 0 Å². The summed E-state index contributed by atoms with van der Waals surface area (Å²) in [5.41, 5.74) is 6.61. The van der Waals surface area contributed by atoms with Gasteiger partial charge in [-0.2, -0.15) is 13.7 Å². The standard InChI is InChI=1S/C15H27NO7Si/c1-4-17-21-24(22-18-5-2,23-19-6-3)20-15(12-13-16)14-10-8-7-9-11-14/h7-11,15H,4-6,12-13,16H2,1-3H3. The van der Waals surface area contributed by atoms with Crippen molar-refractivity contribution in [1.82, 2.24) is 0 Å². The second-order valence-corrected chi connectivity index (χ2v) is 6.30. The van der Waals surface area contributed by atoms with E-state index in [1.54, 1.807) is 20.8 Å². The van der Waals surface area contributed by atoms with Gasteiger partial charge in [-0.1, -0.05) is 30.3 Å². The van der Waals surface area contributed by atoms with E-state index in [4.69, 9.17) is 38.6 Å². The van der Waals surface area contributed by atoms with Gasteiger partial charge in [0.15, 0.2) is 0 Å². The average molecular weight is 361 g/mol. The van der Waals surface area contributed by atoms with Crippen LogP contribution < -0.4 is 5.73 Å². The van der Waals surface area contributed by atoms with Crippen LogP contribution in [0.25, 0.3) is 0 Å². The fourth-order valence-corrected chi connectivity index (χ4v) is 3.37. The van der Waals surface area contributed by atoms with Crippen molar-refractivity contribution in [2.45, 2.75) is 33.3 Å². The largest absolute Gasteiger partial charge is 0.764 e. The lowest BCUT2D eigenvalue weighted by Gasteiger charge is -2.28. The highest BCUT2D eigenvalue weighted by Gasteiger charge is 2.54. The summed E-state index contributed by atoms with van der Waals surface area (Å²) in [5, 5.41) is 0. The van der Waals surface area contributed by atoms with Crippen molar-refractivity contribution in [3.63, 3.8) is 0 Å². The minimum atomic E-state index is -3.86. The van der Waals surface area contributed by atoms with Gasteiger partial charge in [-0.15, -0.1) is 0 Å². The molecule has 1 rings (SSSR count). The monoisotopic (exact) mass is 361 g/mol. The first-order valence-corrected chi connectivity index (χ1v) is 9.69. The van der Waals surface area contributed by atoms with Crippen LogP contribution in [0.1, 0.15) is 38.9 Å². The smallest absolute Gasteiger partial charge is 0.340 e. The van der Waals surface area contributed by atoms with Gasteiger partial charge in [0.2, 0.25) is 0 Å². The highest BCUT2D eigenvalue weighted by Crippen LogP contribution is 2.27. The molecule has 0 heterocycles. The summed E-state index contributed by atoms with van der Waals surface area (Å²) in [5.74, 6) is 0. The molecule has 1 atom stereocenters. The Morgan fingerprint density at radius 2 is 1.38 bits per heavy atom. The zero-order chi connectivity index (χ0) is 17.7. The third-order valence-corrected chi connectivity index (χ3v) is 4.26. The number of hydrogen-bond donors (Lipinski definition) is 1. The zero-order valence-electron chi connectivity index (χ0n) is 14.4. The Bertz CT molecular complexity index is 402. The summed E-state index contributed by atoms with van der Waals surface area (Å²) in [6.07, 6.45) is 0.100. The van der Waals surface area contributed by atoms with Crippen LogP contribution in [0.15, 0.2) is 30.3 Å². The Kier molecular flexibility index (Phi) is 11.0. The van der Waals surface area contributed by atoms with Gasteiger partial charge in [0.1, 0.15) is 0 Å². The molecule has 2 N–H and O–H groups in total. The predicted molar refractivity (Wildman–Crippen MR) is 87.8 cm³/mol. The van der Waals surface area contributed by atoms with Gasteiger partial charge in [0, 0.05) is 0 Å². The summed E-state index contributed by atoms with van der Waals surface area (Å²) in [7, 11) is -3.86. The van der Waals surface area contributed by atoms with Crippen LogP contribution >= 0.6 is 0 Å². The van der Waals surface area contributed by atoms with Crippen molar-refractivity contribution in [2.75, 3.05) is 26.4 Å². The van der Waals surface area contributed by atoms with E-state index < -0.39 is 15.2 Å². The Morgan fingerprint density at radius 1 is 0.875 bits per heavy atom. The summed E-state index contributed by atoms with van der Waals surface area (Å²) in [4.78, 5) is 15.0. The van der Waals surface area contributed by atoms with Gasteiger partial charge in [-0.25, -0.2) is 14.7 Å². The van der Waals surface area contributed by atoms with Gasteiger partial charge in [0.25, 0.3) is 0 Å². The van der Waals surface area contributed by atoms with E-state index in [2.05, 4.69) is 0 Å². The number of hydrogen-bond acceptors (Lipinski definition) is 8. The second kappa shape index (κ2) is 12.5. The van der Waals surface area contributed by atoms with Crippen molar-refractivity contribution in [3.8, 4) is 0 Å². The zero-order valence-corrected chi connectivity index (χ0v) is 15.4. The van der Waals surface area contributed by atoms with Crippen LogP contribution in [0.5, 0.6) is 0 Å². The van der Waals surface area contributed by atoms with Crippen LogP contribution in [-0.4, -0.2) is 35.4 Å². The number of rotatable bonds is 14. The van der Waals surface area contributed by atoms with Crippen molar-refractivity contribution >= 4 is 9.05 Å². The fraction of sp³-hybridized carbons (Fsp3) is 0.600. The van der Waals surface area contributed by atoms with Crippen molar-refractivity contribution in [2.24, 2.45) is 5.73 Å². The summed E-state index contributed by atoms with van der Waals surface area (Å²) in [6.45, 7) is 6.50. The molecule has 8 nitrogen and oxygen atoms in total. The highest BCUT2D eigenvalue weighted by molar-refractivity contribution is 6.52. The molecule has 0 aliphatic carbocycles. The molecule has 1 aromatic carbocycles. The Labute approximate surface area is 144 Å². The van der Waals surface area contributed by atoms with E-state index in [1.807, 2.05) is 30.3 Å². The van der Waals surface area contributed by atoms with E-state index in [9.17, 15) is 0 Å². The summed E-state index contributed by atoms with van der Waals surface area (Å²) >= 11 is 0. The molecule has 24 heavy (non-hydrogen) atoms. The summed E-state index contributed by atoms with van der Waals surface area (Å²) in [6, 6.07) is 9.56. The maximum absolute atomic E-state index is 5.99. The molecule has 0 aliphatic heterocycles. The average Bonchev–Trinajstić information content (AvgIpc) is 2.63. The van der Waals surface area contributed by atoms with Gasteiger partial charge >= 0.3 is 9.05 Å². The molecule has 0 fully saturated rings. The van der Waals surface area contributed by atoms with Crippen LogP contribution in [-0.2, 0) is 32.8 Å². The molecular weight excluding hydrogens is 334 g/mol. The highest BCUT2D eigenvalue weighted by atomic mass is 28.4. The van der Waals surface area contributed by atoms with E-state index in [-0.39, 0.29) is 19.8 Å². The van der Waals surface area contributed by atoms with Crippen LogP contribution in [0, 0.1) is 0 Å². The van der Waals surface area contributed by atoms with E-state index in [0.717, 1.165) is 5.56 Å². The maximum Gasteiger partial charge on any atom is 0.764 e. The summed E-state index contributed by atoms with van der Waals surface area (Å²) < 4.78 is 21.8. The van der Waals surface area contributed by atoms with Crippen molar-refractivity contribution in [1.29, 1.82) is 0 Å². The topological polar surface area (TPSA) is 90.6 Å². The van der Waals surface area contributed by atoms with Gasteiger partial charge < -0.3 is 10.2 Å². The molecule has 1 aromatic rings. The van der Waals surface area contributed by atoms with Crippen LogP contribution in [0.4, 0.5) is 0 Å². The molecule has 138 valence electrons. The third-order valence-electron chi connectivity index (χ3n) is 2.72. The molecule has 0 radical (unpaired) electrons. The Morgan fingerprint density at radius 3 is 1.79 bits per heavy atom. The maximum atomic E-state index is 5.99. The lowest BCUT2D eigenvalue weighted by atomic mass is 10.1. The molecule has 1 unspecified atom stereocenters. The molecule has 0 bridgehead atoms. The number of benzene rings is 1.